The number of nitro groups is 1. The molecule has 0 bridgehead atoms. The van der Waals surface area contributed by atoms with Crippen molar-refractivity contribution in [3.63, 3.8) is 0 Å². The number of benzene rings is 1. The maximum Gasteiger partial charge on any atom is 0.292 e. The van der Waals surface area contributed by atoms with Crippen molar-refractivity contribution in [2.75, 3.05) is 30.8 Å². The predicted octanol–water partition coefficient (Wildman–Crippen LogP) is 3.15. The minimum absolute atomic E-state index is 0.0773. The Labute approximate surface area is 155 Å². The van der Waals surface area contributed by atoms with Gasteiger partial charge in [0.2, 0.25) is 5.91 Å². The van der Waals surface area contributed by atoms with Crippen LogP contribution in [-0.4, -0.2) is 40.9 Å². The summed E-state index contributed by atoms with van der Waals surface area (Å²) in [6.45, 7) is 1.72. The van der Waals surface area contributed by atoms with E-state index in [0.29, 0.717) is 5.69 Å². The third-order valence-electron chi connectivity index (χ3n) is 4.54. The number of nitro benzene ring substituents is 1. The van der Waals surface area contributed by atoms with E-state index in [1.54, 1.807) is 0 Å². The summed E-state index contributed by atoms with van der Waals surface area (Å²) in [6.07, 6.45) is 2.57. The standard InChI is InChI=1S/C18H20FN5O3/c1-23-8-6-12(7-9-23)18(25)21-14-3-4-16(24(26)27)15(10-14)22-17-5-2-13(19)11-20-17/h2-5,10-12H,6-9H2,1H3,(H,20,22)(H,21,25). The van der Waals surface area contributed by atoms with Crippen molar-refractivity contribution >= 4 is 28.8 Å². The number of piperidine rings is 1. The van der Waals surface area contributed by atoms with E-state index in [1.165, 1.54) is 30.3 Å². The van der Waals surface area contributed by atoms with Gasteiger partial charge in [-0.3, -0.25) is 14.9 Å². The molecule has 1 fully saturated rings. The molecule has 1 aromatic heterocycles. The van der Waals surface area contributed by atoms with Crippen LogP contribution in [0.4, 0.5) is 27.3 Å². The van der Waals surface area contributed by atoms with Crippen molar-refractivity contribution in [2.24, 2.45) is 5.92 Å². The summed E-state index contributed by atoms with van der Waals surface area (Å²) in [6, 6.07) is 6.87. The molecular weight excluding hydrogens is 353 g/mol. The number of rotatable bonds is 5. The predicted molar refractivity (Wildman–Crippen MR) is 99.4 cm³/mol. The van der Waals surface area contributed by atoms with Gasteiger partial charge in [0.05, 0.1) is 11.1 Å². The molecule has 0 aliphatic carbocycles. The van der Waals surface area contributed by atoms with Gasteiger partial charge < -0.3 is 15.5 Å². The quantitative estimate of drug-likeness (QED) is 0.617. The molecule has 0 unspecified atom stereocenters. The molecule has 3 rings (SSSR count). The fourth-order valence-corrected chi connectivity index (χ4v) is 2.98. The fraction of sp³-hybridized carbons (Fsp3) is 0.333. The van der Waals surface area contributed by atoms with Crippen molar-refractivity contribution < 1.29 is 14.1 Å². The van der Waals surface area contributed by atoms with Gasteiger partial charge in [0.25, 0.3) is 5.69 Å². The SMILES string of the molecule is CN1CCC(C(=O)Nc2ccc([N+](=O)[O-])c(Nc3ccc(F)cn3)c2)CC1. The maximum absolute atomic E-state index is 13.0. The lowest BCUT2D eigenvalue weighted by Crippen LogP contribution is -2.35. The maximum atomic E-state index is 13.0. The van der Waals surface area contributed by atoms with Crippen molar-refractivity contribution in [1.29, 1.82) is 0 Å². The first-order valence-electron chi connectivity index (χ1n) is 8.59. The zero-order valence-corrected chi connectivity index (χ0v) is 14.8. The molecule has 1 amide bonds. The van der Waals surface area contributed by atoms with E-state index < -0.39 is 10.7 Å². The van der Waals surface area contributed by atoms with Gasteiger partial charge in [0.1, 0.15) is 17.3 Å². The molecular formula is C18H20FN5O3. The summed E-state index contributed by atoms with van der Waals surface area (Å²) in [5.41, 5.74) is 0.452. The molecule has 27 heavy (non-hydrogen) atoms. The van der Waals surface area contributed by atoms with Crippen molar-refractivity contribution in [3.8, 4) is 0 Å². The average Bonchev–Trinajstić information content (AvgIpc) is 2.64. The first-order chi connectivity index (χ1) is 12.9. The number of amides is 1. The van der Waals surface area contributed by atoms with Crippen LogP contribution in [0.3, 0.4) is 0 Å². The fourth-order valence-electron chi connectivity index (χ4n) is 2.98. The molecule has 2 aromatic rings. The number of nitrogens with zero attached hydrogens (tertiary/aromatic N) is 3. The van der Waals surface area contributed by atoms with E-state index >= 15 is 0 Å². The highest BCUT2D eigenvalue weighted by atomic mass is 19.1. The van der Waals surface area contributed by atoms with Gasteiger partial charge in [-0.25, -0.2) is 9.37 Å². The first-order valence-corrected chi connectivity index (χ1v) is 8.59. The minimum Gasteiger partial charge on any atom is -0.335 e. The number of hydrogen-bond acceptors (Lipinski definition) is 6. The number of carbonyl (C=O) groups is 1. The summed E-state index contributed by atoms with van der Waals surface area (Å²) in [5.74, 6) is -0.415. The van der Waals surface area contributed by atoms with Crippen LogP contribution >= 0.6 is 0 Å². The Hall–Kier alpha value is -3.07. The summed E-state index contributed by atoms with van der Waals surface area (Å²) in [4.78, 5) is 29.2. The summed E-state index contributed by atoms with van der Waals surface area (Å²) >= 11 is 0. The number of aromatic nitrogens is 1. The monoisotopic (exact) mass is 373 g/mol. The van der Waals surface area contributed by atoms with Crippen LogP contribution in [0, 0.1) is 21.8 Å². The number of hydrogen-bond donors (Lipinski definition) is 2. The van der Waals surface area contributed by atoms with Crippen molar-refractivity contribution in [3.05, 3.63) is 52.5 Å². The highest BCUT2D eigenvalue weighted by Gasteiger charge is 2.24. The topological polar surface area (TPSA) is 100 Å². The third-order valence-corrected chi connectivity index (χ3v) is 4.54. The zero-order chi connectivity index (χ0) is 19.4. The molecule has 2 heterocycles. The first kappa shape index (κ1) is 18.7. The molecule has 0 radical (unpaired) electrons. The molecule has 0 spiro atoms. The van der Waals surface area contributed by atoms with Crippen molar-refractivity contribution in [2.45, 2.75) is 12.8 Å². The largest absolute Gasteiger partial charge is 0.335 e. The number of pyridine rings is 1. The minimum atomic E-state index is -0.533. The molecule has 2 N–H and O–H groups in total. The van der Waals surface area contributed by atoms with Crippen LogP contribution in [0.15, 0.2) is 36.5 Å². The lowest BCUT2D eigenvalue weighted by molar-refractivity contribution is -0.383. The Morgan fingerprint density at radius 2 is 2.04 bits per heavy atom. The van der Waals surface area contributed by atoms with Gasteiger partial charge in [0.15, 0.2) is 0 Å². The van der Waals surface area contributed by atoms with E-state index in [4.69, 9.17) is 0 Å². The molecule has 1 aliphatic rings. The normalized spacial score (nSPS) is 15.3. The molecule has 142 valence electrons. The molecule has 0 saturated carbocycles. The van der Waals surface area contributed by atoms with Gasteiger partial charge >= 0.3 is 0 Å². The third kappa shape index (κ3) is 4.76. The van der Waals surface area contributed by atoms with Crippen molar-refractivity contribution in [1.82, 2.24) is 9.88 Å². The van der Waals surface area contributed by atoms with E-state index in [1.807, 2.05) is 7.05 Å². The number of halogens is 1. The number of carbonyl (C=O) groups excluding carboxylic acids is 1. The Morgan fingerprint density at radius 1 is 1.30 bits per heavy atom. The Bertz CT molecular complexity index is 835. The Morgan fingerprint density at radius 3 is 2.67 bits per heavy atom. The zero-order valence-electron chi connectivity index (χ0n) is 14.8. The molecule has 1 saturated heterocycles. The van der Waals surface area contributed by atoms with Crippen LogP contribution in [0.25, 0.3) is 0 Å². The highest BCUT2D eigenvalue weighted by Crippen LogP contribution is 2.30. The van der Waals surface area contributed by atoms with Crippen LogP contribution in [0.5, 0.6) is 0 Å². The van der Waals surface area contributed by atoms with Gasteiger partial charge in [-0.15, -0.1) is 0 Å². The van der Waals surface area contributed by atoms with Crippen LogP contribution in [0.2, 0.25) is 0 Å². The van der Waals surface area contributed by atoms with Gasteiger partial charge in [0, 0.05) is 17.7 Å². The molecule has 1 aromatic carbocycles. The summed E-state index contributed by atoms with van der Waals surface area (Å²) < 4.78 is 13.0. The summed E-state index contributed by atoms with van der Waals surface area (Å²) in [7, 11) is 2.02. The van der Waals surface area contributed by atoms with Gasteiger partial charge in [-0.05, 0) is 57.2 Å². The number of nitrogens with one attached hydrogen (secondary N) is 2. The average molecular weight is 373 g/mol. The Balaban J connectivity index is 1.77. The lowest BCUT2D eigenvalue weighted by atomic mass is 9.96. The van der Waals surface area contributed by atoms with Crippen LogP contribution < -0.4 is 10.6 Å². The molecule has 9 heteroatoms. The second-order valence-electron chi connectivity index (χ2n) is 6.54. The second-order valence-corrected chi connectivity index (χ2v) is 6.54. The van der Waals surface area contributed by atoms with Gasteiger partial charge in [-0.1, -0.05) is 0 Å². The summed E-state index contributed by atoms with van der Waals surface area (Å²) in [5, 5.41) is 16.9. The second kappa shape index (κ2) is 8.09. The van der Waals surface area contributed by atoms with Gasteiger partial charge in [-0.2, -0.15) is 0 Å². The van der Waals surface area contributed by atoms with Crippen LogP contribution in [0.1, 0.15) is 12.8 Å². The molecule has 8 nitrogen and oxygen atoms in total. The van der Waals surface area contributed by atoms with E-state index in [9.17, 15) is 19.3 Å². The lowest BCUT2D eigenvalue weighted by Gasteiger charge is -2.28. The number of likely N-dealkylation sites (tertiary alicyclic amines) is 1. The van der Waals surface area contributed by atoms with Crippen LogP contribution in [-0.2, 0) is 4.79 Å². The van der Waals surface area contributed by atoms with E-state index in [-0.39, 0.29) is 29.0 Å². The highest BCUT2D eigenvalue weighted by molar-refractivity contribution is 5.93. The van der Waals surface area contributed by atoms with E-state index in [0.717, 1.165) is 32.1 Å². The molecule has 1 aliphatic heterocycles. The smallest absolute Gasteiger partial charge is 0.292 e. The molecule has 0 atom stereocenters. The Kier molecular flexibility index (Phi) is 5.60. The van der Waals surface area contributed by atoms with E-state index in [2.05, 4.69) is 20.5 Å². The number of anilines is 3.